The van der Waals surface area contributed by atoms with Gasteiger partial charge < -0.3 is 14.6 Å². The molecule has 1 aliphatic rings. The lowest BCUT2D eigenvalue weighted by molar-refractivity contribution is -0.119. The molecule has 0 radical (unpaired) electrons. The zero-order valence-corrected chi connectivity index (χ0v) is 17.8. The van der Waals surface area contributed by atoms with E-state index in [9.17, 15) is 4.79 Å². The molecular weight excluding hydrogens is 372 g/mol. The molecule has 1 amide bonds. The molecule has 6 nitrogen and oxygen atoms in total. The Morgan fingerprint density at radius 1 is 1.21 bits per heavy atom. The fourth-order valence-corrected chi connectivity index (χ4v) is 4.02. The third-order valence-corrected chi connectivity index (χ3v) is 5.85. The summed E-state index contributed by atoms with van der Waals surface area (Å²) in [6.07, 6.45) is 5.91. The van der Waals surface area contributed by atoms with E-state index >= 15 is 0 Å². The number of hydrogen-bond donors (Lipinski definition) is 1. The van der Waals surface area contributed by atoms with Crippen molar-refractivity contribution in [2.24, 2.45) is 13.0 Å². The van der Waals surface area contributed by atoms with Crippen LogP contribution in [0.5, 0.6) is 5.75 Å². The molecule has 0 unspecified atom stereocenters. The third kappa shape index (κ3) is 5.74. The van der Waals surface area contributed by atoms with Crippen LogP contribution in [0.1, 0.15) is 46.0 Å². The van der Waals surface area contributed by atoms with E-state index in [-0.39, 0.29) is 5.91 Å². The Bertz CT molecular complexity index is 767. The summed E-state index contributed by atoms with van der Waals surface area (Å²) in [6, 6.07) is 8.23. The van der Waals surface area contributed by atoms with E-state index in [0.29, 0.717) is 24.3 Å². The van der Waals surface area contributed by atoms with Crippen molar-refractivity contribution in [2.75, 3.05) is 12.4 Å². The molecule has 1 N–H and O–H groups in total. The van der Waals surface area contributed by atoms with Crippen molar-refractivity contribution in [3.05, 3.63) is 24.3 Å². The molecule has 1 aliphatic carbocycles. The zero-order chi connectivity index (χ0) is 19.9. The maximum atomic E-state index is 12.2. The fourth-order valence-electron chi connectivity index (χ4n) is 3.30. The Balaban J connectivity index is 1.55. The number of ether oxygens (including phenoxy) is 1. The second-order valence-corrected chi connectivity index (χ2v) is 8.73. The topological polar surface area (TPSA) is 69.0 Å². The van der Waals surface area contributed by atoms with Crippen LogP contribution in [-0.4, -0.2) is 39.1 Å². The maximum absolute atomic E-state index is 12.2. The number of carbonyl (C=O) groups excluding carboxylic acids is 1. The molecule has 2 aromatic rings. The highest BCUT2D eigenvalue weighted by atomic mass is 32.2. The number of hydrogen-bond acceptors (Lipinski definition) is 5. The lowest BCUT2D eigenvalue weighted by Gasteiger charge is -2.22. The number of benzene rings is 1. The van der Waals surface area contributed by atoms with Crippen LogP contribution in [0.2, 0.25) is 0 Å². The number of aromatic nitrogens is 3. The average Bonchev–Trinajstić information content (AvgIpc) is 3.06. The van der Waals surface area contributed by atoms with Gasteiger partial charge in [-0.2, -0.15) is 0 Å². The summed E-state index contributed by atoms with van der Waals surface area (Å²) >= 11 is 1.43. The number of nitrogens with one attached hydrogen (secondary N) is 1. The van der Waals surface area contributed by atoms with E-state index in [1.807, 2.05) is 35.9 Å². The molecule has 1 heterocycles. The van der Waals surface area contributed by atoms with Crippen molar-refractivity contribution >= 4 is 17.7 Å². The van der Waals surface area contributed by atoms with E-state index in [0.717, 1.165) is 35.1 Å². The molecule has 0 spiro atoms. The first-order chi connectivity index (χ1) is 13.5. The van der Waals surface area contributed by atoms with E-state index in [4.69, 9.17) is 4.74 Å². The van der Waals surface area contributed by atoms with Gasteiger partial charge in [0.05, 0.1) is 12.4 Å². The quantitative estimate of drug-likeness (QED) is 0.675. The summed E-state index contributed by atoms with van der Waals surface area (Å²) in [4.78, 5) is 12.2. The molecule has 3 rings (SSSR count). The number of carbonyl (C=O) groups is 1. The minimum absolute atomic E-state index is 0.0769. The monoisotopic (exact) mass is 402 g/mol. The number of nitrogens with zero attached hydrogens (tertiary/aromatic N) is 3. The molecular formula is C21H30N4O2S. The summed E-state index contributed by atoms with van der Waals surface area (Å²) in [5.41, 5.74) is 0.977. The molecule has 0 atom stereocenters. The Labute approximate surface area is 171 Å². The van der Waals surface area contributed by atoms with Gasteiger partial charge in [-0.25, -0.2) is 0 Å². The number of amides is 1. The van der Waals surface area contributed by atoms with Gasteiger partial charge in [0.15, 0.2) is 11.0 Å². The molecule has 152 valence electrons. The van der Waals surface area contributed by atoms with Gasteiger partial charge in [0.1, 0.15) is 5.75 Å². The van der Waals surface area contributed by atoms with Crippen molar-refractivity contribution in [2.45, 2.75) is 57.1 Å². The molecule has 28 heavy (non-hydrogen) atoms. The van der Waals surface area contributed by atoms with E-state index in [1.165, 1.54) is 31.0 Å². The Morgan fingerprint density at radius 2 is 1.93 bits per heavy atom. The van der Waals surface area contributed by atoms with Gasteiger partial charge in [0.2, 0.25) is 5.91 Å². The van der Waals surface area contributed by atoms with Crippen LogP contribution in [0.15, 0.2) is 29.4 Å². The highest BCUT2D eigenvalue weighted by molar-refractivity contribution is 7.99. The van der Waals surface area contributed by atoms with Crippen LogP contribution in [0.3, 0.4) is 0 Å². The molecule has 0 saturated heterocycles. The van der Waals surface area contributed by atoms with Crippen LogP contribution in [0.25, 0.3) is 11.4 Å². The molecule has 0 aliphatic heterocycles. The average molecular weight is 403 g/mol. The summed E-state index contributed by atoms with van der Waals surface area (Å²) in [5, 5.41) is 12.4. The first-order valence-corrected chi connectivity index (χ1v) is 11.1. The summed E-state index contributed by atoms with van der Waals surface area (Å²) in [7, 11) is 1.93. The molecule has 1 saturated carbocycles. The summed E-state index contributed by atoms with van der Waals surface area (Å²) < 4.78 is 7.66. The van der Waals surface area contributed by atoms with Crippen molar-refractivity contribution < 1.29 is 9.53 Å². The van der Waals surface area contributed by atoms with Crippen molar-refractivity contribution in [1.29, 1.82) is 0 Å². The zero-order valence-electron chi connectivity index (χ0n) is 17.0. The molecule has 7 heteroatoms. The number of thioether (sulfide) groups is 1. The molecule has 1 aromatic carbocycles. The Hall–Kier alpha value is -2.02. The normalized spacial score (nSPS) is 15.0. The lowest BCUT2D eigenvalue weighted by atomic mass is 9.95. The standard InChI is InChI=1S/C21H30N4O2S/c1-15(2)13-27-18-11-9-16(10-12-18)20-23-24-21(25(20)3)28-14-19(26)22-17-7-5-4-6-8-17/h9-12,15,17H,4-8,13-14H2,1-3H3,(H,22,26). The first-order valence-electron chi connectivity index (χ1n) is 10.1. The summed E-state index contributed by atoms with van der Waals surface area (Å²) in [5.74, 6) is 2.57. The fraction of sp³-hybridized carbons (Fsp3) is 0.571. The lowest BCUT2D eigenvalue weighted by Crippen LogP contribution is -2.37. The first kappa shape index (κ1) is 20.7. The van der Waals surface area contributed by atoms with E-state index in [2.05, 4.69) is 29.4 Å². The summed E-state index contributed by atoms with van der Waals surface area (Å²) in [6.45, 7) is 4.96. The number of rotatable bonds is 8. The smallest absolute Gasteiger partial charge is 0.230 e. The Morgan fingerprint density at radius 3 is 2.61 bits per heavy atom. The van der Waals surface area contributed by atoms with Crippen LogP contribution < -0.4 is 10.1 Å². The predicted octanol–water partition coefficient (Wildman–Crippen LogP) is 4.06. The molecule has 0 bridgehead atoms. The van der Waals surface area contributed by atoms with Crippen molar-refractivity contribution in [3.8, 4) is 17.1 Å². The molecule has 1 aromatic heterocycles. The van der Waals surface area contributed by atoms with Crippen LogP contribution in [0.4, 0.5) is 0 Å². The highest BCUT2D eigenvalue weighted by Gasteiger charge is 2.17. The highest BCUT2D eigenvalue weighted by Crippen LogP contribution is 2.25. The van der Waals surface area contributed by atoms with Crippen LogP contribution in [0, 0.1) is 5.92 Å². The maximum Gasteiger partial charge on any atom is 0.230 e. The van der Waals surface area contributed by atoms with Crippen molar-refractivity contribution in [3.63, 3.8) is 0 Å². The SMILES string of the molecule is CC(C)COc1ccc(-c2nnc(SCC(=O)NC3CCCCC3)n2C)cc1. The minimum atomic E-state index is 0.0769. The van der Waals surface area contributed by atoms with Crippen molar-refractivity contribution in [1.82, 2.24) is 20.1 Å². The van der Waals surface area contributed by atoms with Gasteiger partial charge in [-0.3, -0.25) is 4.79 Å². The van der Waals surface area contributed by atoms with Crippen LogP contribution >= 0.6 is 11.8 Å². The molecule has 1 fully saturated rings. The third-order valence-electron chi connectivity index (χ3n) is 4.83. The second kappa shape index (κ2) is 9.96. The largest absolute Gasteiger partial charge is 0.493 e. The van der Waals surface area contributed by atoms with Gasteiger partial charge in [0, 0.05) is 18.7 Å². The van der Waals surface area contributed by atoms with Crippen LogP contribution in [-0.2, 0) is 11.8 Å². The van der Waals surface area contributed by atoms with E-state index < -0.39 is 0 Å². The van der Waals surface area contributed by atoms with E-state index in [1.54, 1.807) is 0 Å². The minimum Gasteiger partial charge on any atom is -0.493 e. The Kier molecular flexibility index (Phi) is 7.36. The van der Waals surface area contributed by atoms with Gasteiger partial charge in [-0.05, 0) is 43.0 Å². The van der Waals surface area contributed by atoms with Gasteiger partial charge in [-0.15, -0.1) is 10.2 Å². The van der Waals surface area contributed by atoms with Gasteiger partial charge in [-0.1, -0.05) is 44.9 Å². The van der Waals surface area contributed by atoms with Gasteiger partial charge in [0.25, 0.3) is 0 Å². The van der Waals surface area contributed by atoms with Gasteiger partial charge >= 0.3 is 0 Å². The predicted molar refractivity (Wildman–Crippen MR) is 113 cm³/mol. The second-order valence-electron chi connectivity index (χ2n) is 7.79.